The molecule has 0 radical (unpaired) electrons. The number of esters is 1. The number of nitrogens with two attached hydrogens (primary N) is 1. The van der Waals surface area contributed by atoms with Crippen LogP contribution in [0.25, 0.3) is 0 Å². The Balaban J connectivity index is 1.96. The summed E-state index contributed by atoms with van der Waals surface area (Å²) in [4.78, 5) is 35.8. The molecule has 2 N–H and O–H groups in total. The summed E-state index contributed by atoms with van der Waals surface area (Å²) in [5, 5.41) is 10.8. The fourth-order valence-electron chi connectivity index (χ4n) is 2.51. The first kappa shape index (κ1) is 17.7. The van der Waals surface area contributed by atoms with E-state index in [4.69, 9.17) is 15.2 Å². The van der Waals surface area contributed by atoms with Crippen LogP contribution < -0.4 is 5.73 Å². The van der Waals surface area contributed by atoms with Gasteiger partial charge in [0.1, 0.15) is 5.69 Å². The highest BCUT2D eigenvalue weighted by molar-refractivity contribution is 5.92. The van der Waals surface area contributed by atoms with Gasteiger partial charge >= 0.3 is 5.97 Å². The van der Waals surface area contributed by atoms with Crippen LogP contribution >= 0.6 is 0 Å². The van der Waals surface area contributed by atoms with Crippen molar-refractivity contribution in [3.8, 4) is 0 Å². The van der Waals surface area contributed by atoms with Crippen molar-refractivity contribution in [1.29, 1.82) is 0 Å². The van der Waals surface area contributed by atoms with Crippen LogP contribution in [0.2, 0.25) is 0 Å². The molecule has 1 saturated heterocycles. The molecule has 0 spiro atoms. The number of morpholine rings is 1. The van der Waals surface area contributed by atoms with Crippen LogP contribution in [0.1, 0.15) is 24.2 Å². The smallest absolute Gasteiger partial charge is 0.338 e. The average molecular weight is 337 g/mol. The fourth-order valence-corrected chi connectivity index (χ4v) is 2.51. The van der Waals surface area contributed by atoms with E-state index in [1.165, 1.54) is 12.1 Å². The van der Waals surface area contributed by atoms with Gasteiger partial charge in [-0.1, -0.05) is 0 Å². The highest BCUT2D eigenvalue weighted by atomic mass is 16.6. The highest BCUT2D eigenvalue weighted by Gasteiger charge is 2.26. The van der Waals surface area contributed by atoms with Gasteiger partial charge in [-0.2, -0.15) is 0 Å². The molecule has 1 amide bonds. The maximum absolute atomic E-state index is 12.1. The molecule has 1 aromatic carbocycles. The molecule has 1 aliphatic rings. The molecule has 1 fully saturated rings. The third-order valence-corrected chi connectivity index (χ3v) is 3.56. The van der Waals surface area contributed by atoms with Gasteiger partial charge in [0.25, 0.3) is 11.6 Å². The lowest BCUT2D eigenvalue weighted by atomic mass is 10.2. The summed E-state index contributed by atoms with van der Waals surface area (Å²) in [5.74, 6) is -1.16. The molecule has 0 aromatic heterocycles. The van der Waals surface area contributed by atoms with Crippen molar-refractivity contribution in [2.45, 2.75) is 26.1 Å². The number of amides is 1. The minimum absolute atomic E-state index is 0.0348. The van der Waals surface area contributed by atoms with Crippen molar-refractivity contribution in [2.75, 3.05) is 25.4 Å². The minimum Gasteiger partial charge on any atom is -0.452 e. The monoisotopic (exact) mass is 337 g/mol. The standard InChI is InChI=1S/C15H19N3O6/c1-9-6-17(7-10(2)24-9)14(19)8-23-15(20)11-3-4-12(16)13(5-11)18(21)22/h3-5,9-10H,6-8,16H2,1-2H3/t9-,10-/m1/s1. The number of nitrogen functional groups attached to an aromatic ring is 1. The third kappa shape index (κ3) is 4.19. The summed E-state index contributed by atoms with van der Waals surface area (Å²) in [6.07, 6.45) is -0.179. The Morgan fingerprint density at radius 2 is 2.00 bits per heavy atom. The van der Waals surface area contributed by atoms with Gasteiger partial charge < -0.3 is 20.1 Å². The van der Waals surface area contributed by atoms with E-state index in [-0.39, 0.29) is 35.1 Å². The third-order valence-electron chi connectivity index (χ3n) is 3.56. The Kier molecular flexibility index (Phi) is 5.35. The Morgan fingerprint density at radius 3 is 2.58 bits per heavy atom. The number of carbonyl (C=O) groups excluding carboxylic acids is 2. The second-order valence-corrected chi connectivity index (χ2v) is 5.66. The van der Waals surface area contributed by atoms with Gasteiger partial charge in [0.15, 0.2) is 6.61 Å². The normalized spacial score (nSPS) is 20.5. The van der Waals surface area contributed by atoms with E-state index in [0.717, 1.165) is 6.07 Å². The topological polar surface area (TPSA) is 125 Å². The number of rotatable bonds is 4. The van der Waals surface area contributed by atoms with Gasteiger partial charge in [-0.3, -0.25) is 14.9 Å². The largest absolute Gasteiger partial charge is 0.452 e. The van der Waals surface area contributed by atoms with Gasteiger partial charge in [-0.05, 0) is 26.0 Å². The second kappa shape index (κ2) is 7.26. The van der Waals surface area contributed by atoms with Crippen molar-refractivity contribution in [3.63, 3.8) is 0 Å². The van der Waals surface area contributed by atoms with Crippen molar-refractivity contribution in [3.05, 3.63) is 33.9 Å². The van der Waals surface area contributed by atoms with Gasteiger partial charge in [-0.15, -0.1) is 0 Å². The predicted molar refractivity (Wildman–Crippen MR) is 84.4 cm³/mol. The Hall–Kier alpha value is -2.68. The lowest BCUT2D eigenvalue weighted by Crippen LogP contribution is -2.49. The Morgan fingerprint density at radius 1 is 1.38 bits per heavy atom. The Labute approximate surface area is 138 Å². The zero-order valence-electron chi connectivity index (χ0n) is 13.4. The van der Waals surface area contributed by atoms with Crippen LogP contribution in [-0.4, -0.2) is 53.6 Å². The number of nitro groups is 1. The van der Waals surface area contributed by atoms with E-state index in [1.54, 1.807) is 4.90 Å². The summed E-state index contributed by atoms with van der Waals surface area (Å²) in [5.41, 5.74) is 5.00. The molecular formula is C15H19N3O6. The molecule has 130 valence electrons. The van der Waals surface area contributed by atoms with Crippen molar-refractivity contribution in [1.82, 2.24) is 4.90 Å². The van der Waals surface area contributed by atoms with Gasteiger partial charge in [0, 0.05) is 19.2 Å². The van der Waals surface area contributed by atoms with Crippen molar-refractivity contribution in [2.24, 2.45) is 0 Å². The first-order valence-electron chi connectivity index (χ1n) is 7.42. The zero-order chi connectivity index (χ0) is 17.9. The minimum atomic E-state index is -0.819. The second-order valence-electron chi connectivity index (χ2n) is 5.66. The molecular weight excluding hydrogens is 318 g/mol. The van der Waals surface area contributed by atoms with Gasteiger partial charge in [0.05, 0.1) is 22.7 Å². The molecule has 9 nitrogen and oxygen atoms in total. The van der Waals surface area contributed by atoms with E-state index in [9.17, 15) is 19.7 Å². The molecule has 2 rings (SSSR count). The van der Waals surface area contributed by atoms with E-state index in [2.05, 4.69) is 0 Å². The summed E-state index contributed by atoms with van der Waals surface area (Å²) in [7, 11) is 0. The van der Waals surface area contributed by atoms with Crippen LogP contribution in [0.15, 0.2) is 18.2 Å². The van der Waals surface area contributed by atoms with Crippen LogP contribution in [-0.2, 0) is 14.3 Å². The molecule has 0 unspecified atom stereocenters. The van der Waals surface area contributed by atoms with Gasteiger partial charge in [-0.25, -0.2) is 4.79 Å². The lowest BCUT2D eigenvalue weighted by molar-refractivity contribution is -0.383. The molecule has 1 heterocycles. The number of carbonyl (C=O) groups is 2. The first-order chi connectivity index (χ1) is 11.3. The van der Waals surface area contributed by atoms with Crippen LogP contribution in [0.3, 0.4) is 0 Å². The molecule has 1 aromatic rings. The number of hydrogen-bond acceptors (Lipinski definition) is 7. The lowest BCUT2D eigenvalue weighted by Gasteiger charge is -2.35. The number of benzene rings is 1. The van der Waals surface area contributed by atoms with Crippen LogP contribution in [0.4, 0.5) is 11.4 Å². The quantitative estimate of drug-likeness (QED) is 0.375. The number of ether oxygens (including phenoxy) is 2. The summed E-state index contributed by atoms with van der Waals surface area (Å²) < 4.78 is 10.5. The highest BCUT2D eigenvalue weighted by Crippen LogP contribution is 2.22. The molecule has 1 aliphatic heterocycles. The fraction of sp³-hybridized carbons (Fsp3) is 0.467. The Bertz CT molecular complexity index is 653. The molecule has 0 saturated carbocycles. The maximum atomic E-state index is 12.1. The average Bonchev–Trinajstić information content (AvgIpc) is 2.51. The molecule has 2 atom stereocenters. The zero-order valence-corrected chi connectivity index (χ0v) is 13.4. The van der Waals surface area contributed by atoms with Crippen LogP contribution in [0, 0.1) is 10.1 Å². The van der Waals surface area contributed by atoms with E-state index >= 15 is 0 Å². The van der Waals surface area contributed by atoms with Crippen molar-refractivity contribution >= 4 is 23.3 Å². The SMILES string of the molecule is C[C@@H]1CN(C(=O)COC(=O)c2ccc(N)c([N+](=O)[O-])c2)C[C@@H](C)O1. The summed E-state index contributed by atoms with van der Waals surface area (Å²) in [6, 6.07) is 3.59. The van der Waals surface area contributed by atoms with Gasteiger partial charge in [0.2, 0.25) is 0 Å². The number of nitrogens with zero attached hydrogens (tertiary/aromatic N) is 2. The van der Waals surface area contributed by atoms with Crippen molar-refractivity contribution < 1.29 is 24.0 Å². The molecule has 24 heavy (non-hydrogen) atoms. The number of hydrogen-bond donors (Lipinski definition) is 1. The maximum Gasteiger partial charge on any atom is 0.338 e. The molecule has 9 heteroatoms. The summed E-state index contributed by atoms with van der Waals surface area (Å²) in [6.45, 7) is 4.13. The van der Waals surface area contributed by atoms with E-state index in [1.807, 2.05) is 13.8 Å². The summed E-state index contributed by atoms with van der Waals surface area (Å²) >= 11 is 0. The number of anilines is 1. The molecule has 0 bridgehead atoms. The van der Waals surface area contributed by atoms with E-state index in [0.29, 0.717) is 13.1 Å². The van der Waals surface area contributed by atoms with Crippen LogP contribution in [0.5, 0.6) is 0 Å². The van der Waals surface area contributed by atoms with E-state index < -0.39 is 17.5 Å². The predicted octanol–water partition coefficient (Wildman–Crippen LogP) is 0.970. The first-order valence-corrected chi connectivity index (χ1v) is 7.42. The molecule has 0 aliphatic carbocycles. The number of nitro benzene ring substituents is 1.